The van der Waals surface area contributed by atoms with E-state index in [0.717, 1.165) is 49.1 Å². The number of rotatable bonds is 10. The number of nitrogens with one attached hydrogen (secondary N) is 1. The fourth-order valence-corrected chi connectivity index (χ4v) is 4.38. The van der Waals surface area contributed by atoms with Gasteiger partial charge in [0.1, 0.15) is 5.82 Å². The summed E-state index contributed by atoms with van der Waals surface area (Å²) in [5, 5.41) is 3.65. The number of aromatic nitrogens is 2. The number of carbonyl (C=O) groups excluding carboxylic acids is 1. The van der Waals surface area contributed by atoms with Crippen LogP contribution in [0.3, 0.4) is 0 Å². The second-order valence-electron chi connectivity index (χ2n) is 8.52. The standard InChI is InChI=1S/C28H30ClN3O/c1-21-10-9-11-22(18-21)20-32-26-15-7-6-14-25(26)31-27(32)16-3-2-8-17-30-28(33)19-23-12-4-5-13-24(23)29/h4-7,9-15,18H,2-3,8,16-17,19-20H2,1H3,(H,30,33). The van der Waals surface area contributed by atoms with Crippen molar-refractivity contribution in [2.45, 2.75) is 45.6 Å². The fourth-order valence-electron chi connectivity index (χ4n) is 4.18. The lowest BCUT2D eigenvalue weighted by molar-refractivity contribution is -0.120. The first kappa shape index (κ1) is 23.1. The number of hydrogen-bond acceptors (Lipinski definition) is 2. The van der Waals surface area contributed by atoms with E-state index in [9.17, 15) is 4.79 Å². The number of benzene rings is 3. The van der Waals surface area contributed by atoms with Crippen molar-refractivity contribution >= 4 is 28.5 Å². The number of amides is 1. The minimum atomic E-state index is 0.0167. The van der Waals surface area contributed by atoms with Crippen LogP contribution >= 0.6 is 11.6 Å². The molecule has 4 rings (SSSR count). The second kappa shape index (κ2) is 11.2. The normalized spacial score (nSPS) is 11.1. The smallest absolute Gasteiger partial charge is 0.224 e. The summed E-state index contributed by atoms with van der Waals surface area (Å²) in [5.74, 6) is 1.14. The molecule has 33 heavy (non-hydrogen) atoms. The maximum absolute atomic E-state index is 12.2. The van der Waals surface area contributed by atoms with Crippen LogP contribution in [0.4, 0.5) is 0 Å². The molecule has 0 saturated carbocycles. The average molecular weight is 460 g/mol. The van der Waals surface area contributed by atoms with Crippen LogP contribution in [0.15, 0.2) is 72.8 Å². The molecule has 0 unspecified atom stereocenters. The molecule has 1 aromatic heterocycles. The van der Waals surface area contributed by atoms with Crippen molar-refractivity contribution in [1.82, 2.24) is 14.9 Å². The first-order chi connectivity index (χ1) is 16.1. The van der Waals surface area contributed by atoms with Gasteiger partial charge in [-0.25, -0.2) is 4.98 Å². The first-order valence-electron chi connectivity index (χ1n) is 11.6. The molecule has 0 aliphatic carbocycles. The summed E-state index contributed by atoms with van der Waals surface area (Å²) in [7, 11) is 0. The monoisotopic (exact) mass is 459 g/mol. The highest BCUT2D eigenvalue weighted by Gasteiger charge is 2.11. The Hall–Kier alpha value is -3.11. The molecule has 0 atom stereocenters. The summed E-state index contributed by atoms with van der Waals surface area (Å²) in [4.78, 5) is 17.1. The SMILES string of the molecule is Cc1cccc(Cn2c(CCCCCNC(=O)Cc3ccccc3Cl)nc3ccccc32)c1. The van der Waals surface area contributed by atoms with Gasteiger partial charge >= 0.3 is 0 Å². The number of carbonyl (C=O) groups is 1. The molecule has 1 N–H and O–H groups in total. The van der Waals surface area contributed by atoms with E-state index in [1.54, 1.807) is 0 Å². The Morgan fingerprint density at radius 2 is 1.79 bits per heavy atom. The van der Waals surface area contributed by atoms with Crippen molar-refractivity contribution < 1.29 is 4.79 Å². The van der Waals surface area contributed by atoms with Gasteiger partial charge in [-0.05, 0) is 49.1 Å². The topological polar surface area (TPSA) is 46.9 Å². The Bertz CT molecular complexity index is 1230. The number of hydrogen-bond donors (Lipinski definition) is 1. The van der Waals surface area contributed by atoms with Crippen molar-refractivity contribution in [1.29, 1.82) is 0 Å². The Balaban J connectivity index is 1.29. The Labute approximate surface area is 200 Å². The number of unbranched alkanes of at least 4 members (excludes halogenated alkanes) is 2. The van der Waals surface area contributed by atoms with Gasteiger partial charge in [0.05, 0.1) is 17.5 Å². The lowest BCUT2D eigenvalue weighted by Gasteiger charge is -2.10. The summed E-state index contributed by atoms with van der Waals surface area (Å²) in [6, 6.07) is 24.5. The largest absolute Gasteiger partial charge is 0.356 e. The summed E-state index contributed by atoms with van der Waals surface area (Å²) >= 11 is 6.14. The molecular weight excluding hydrogens is 430 g/mol. The van der Waals surface area contributed by atoms with Crippen molar-refractivity contribution in [3.8, 4) is 0 Å². The zero-order valence-electron chi connectivity index (χ0n) is 19.1. The third-order valence-corrected chi connectivity index (χ3v) is 6.23. The van der Waals surface area contributed by atoms with Crippen LogP contribution in [0.5, 0.6) is 0 Å². The highest BCUT2D eigenvalue weighted by molar-refractivity contribution is 6.31. The van der Waals surface area contributed by atoms with Gasteiger partial charge in [0.25, 0.3) is 0 Å². The van der Waals surface area contributed by atoms with Crippen LogP contribution in [0.25, 0.3) is 11.0 Å². The van der Waals surface area contributed by atoms with Gasteiger partial charge in [-0.3, -0.25) is 4.79 Å². The number of halogens is 1. The quantitative estimate of drug-likeness (QED) is 0.290. The molecule has 5 heteroatoms. The fraction of sp³-hybridized carbons (Fsp3) is 0.286. The molecular formula is C28H30ClN3O. The molecule has 3 aromatic carbocycles. The molecule has 0 aliphatic heterocycles. The van der Waals surface area contributed by atoms with Crippen LogP contribution in [0.2, 0.25) is 5.02 Å². The van der Waals surface area contributed by atoms with E-state index in [1.807, 2.05) is 30.3 Å². The predicted molar refractivity (Wildman–Crippen MR) is 136 cm³/mol. The second-order valence-corrected chi connectivity index (χ2v) is 8.93. The maximum atomic E-state index is 12.2. The molecule has 4 nitrogen and oxygen atoms in total. The molecule has 0 saturated heterocycles. The predicted octanol–water partition coefficient (Wildman–Crippen LogP) is 6.12. The van der Waals surface area contributed by atoms with Gasteiger partial charge in [0.15, 0.2) is 0 Å². The van der Waals surface area contributed by atoms with Gasteiger partial charge < -0.3 is 9.88 Å². The molecule has 4 aromatic rings. The number of nitrogens with zero attached hydrogens (tertiary/aromatic N) is 2. The summed E-state index contributed by atoms with van der Waals surface area (Å²) in [6.45, 7) is 3.64. The zero-order chi connectivity index (χ0) is 23.0. The van der Waals surface area contributed by atoms with E-state index in [-0.39, 0.29) is 5.91 Å². The molecule has 1 amide bonds. The van der Waals surface area contributed by atoms with E-state index in [0.29, 0.717) is 18.0 Å². The molecule has 170 valence electrons. The van der Waals surface area contributed by atoms with Crippen molar-refractivity contribution in [2.75, 3.05) is 6.54 Å². The molecule has 0 radical (unpaired) electrons. The lowest BCUT2D eigenvalue weighted by atomic mass is 10.1. The lowest BCUT2D eigenvalue weighted by Crippen LogP contribution is -2.26. The Morgan fingerprint density at radius 3 is 2.64 bits per heavy atom. The molecule has 0 spiro atoms. The zero-order valence-corrected chi connectivity index (χ0v) is 19.8. The molecule has 1 heterocycles. The van der Waals surface area contributed by atoms with Gasteiger partial charge in [0, 0.05) is 24.5 Å². The van der Waals surface area contributed by atoms with Crippen molar-refractivity contribution in [2.24, 2.45) is 0 Å². The summed E-state index contributed by atoms with van der Waals surface area (Å²) < 4.78 is 2.34. The van der Waals surface area contributed by atoms with Crippen molar-refractivity contribution in [3.63, 3.8) is 0 Å². The van der Waals surface area contributed by atoms with Crippen LogP contribution in [-0.2, 0) is 24.2 Å². The van der Waals surface area contributed by atoms with E-state index in [1.165, 1.54) is 16.6 Å². The van der Waals surface area contributed by atoms with E-state index >= 15 is 0 Å². The average Bonchev–Trinajstić information content (AvgIpc) is 3.15. The number of fused-ring (bicyclic) bond motifs is 1. The minimum Gasteiger partial charge on any atom is -0.356 e. The van der Waals surface area contributed by atoms with E-state index < -0.39 is 0 Å². The first-order valence-corrected chi connectivity index (χ1v) is 12.0. The molecule has 0 bridgehead atoms. The van der Waals surface area contributed by atoms with Gasteiger partial charge in [-0.2, -0.15) is 0 Å². The molecule has 0 aliphatic rings. The van der Waals surface area contributed by atoms with Gasteiger partial charge in [-0.1, -0.05) is 78.2 Å². The summed E-state index contributed by atoms with van der Waals surface area (Å²) in [6.07, 6.45) is 4.28. The maximum Gasteiger partial charge on any atom is 0.224 e. The number of imidazole rings is 1. The van der Waals surface area contributed by atoms with E-state index in [4.69, 9.17) is 16.6 Å². The number of aryl methyl sites for hydroxylation is 2. The van der Waals surface area contributed by atoms with Crippen LogP contribution in [-0.4, -0.2) is 22.0 Å². The van der Waals surface area contributed by atoms with Crippen LogP contribution in [0.1, 0.15) is 41.8 Å². The Morgan fingerprint density at radius 1 is 0.970 bits per heavy atom. The number of para-hydroxylation sites is 2. The third kappa shape index (κ3) is 6.23. The highest BCUT2D eigenvalue weighted by atomic mass is 35.5. The van der Waals surface area contributed by atoms with Gasteiger partial charge in [-0.15, -0.1) is 0 Å². The van der Waals surface area contributed by atoms with Crippen LogP contribution < -0.4 is 5.32 Å². The van der Waals surface area contributed by atoms with Gasteiger partial charge in [0.2, 0.25) is 5.91 Å². The van der Waals surface area contributed by atoms with Crippen molar-refractivity contribution in [3.05, 3.63) is 100 Å². The summed E-state index contributed by atoms with van der Waals surface area (Å²) in [5.41, 5.74) is 5.66. The third-order valence-electron chi connectivity index (χ3n) is 5.86. The Kier molecular flexibility index (Phi) is 7.79. The van der Waals surface area contributed by atoms with Crippen LogP contribution in [0, 0.1) is 6.92 Å². The minimum absolute atomic E-state index is 0.0167. The van der Waals surface area contributed by atoms with E-state index in [2.05, 4.69) is 59.3 Å². The highest BCUT2D eigenvalue weighted by Crippen LogP contribution is 2.20. The molecule has 0 fully saturated rings.